The van der Waals surface area contributed by atoms with Crippen molar-refractivity contribution >= 4 is 5.91 Å². The van der Waals surface area contributed by atoms with Gasteiger partial charge in [-0.1, -0.05) is 36.4 Å². The van der Waals surface area contributed by atoms with Crippen molar-refractivity contribution in [1.82, 2.24) is 10.3 Å². The molecule has 20 heavy (non-hydrogen) atoms. The van der Waals surface area contributed by atoms with Gasteiger partial charge in [-0.25, -0.2) is 0 Å². The zero-order chi connectivity index (χ0) is 13.8. The number of pyridine rings is 1. The Hall–Kier alpha value is -2.16. The molecule has 0 saturated heterocycles. The van der Waals surface area contributed by atoms with Crippen molar-refractivity contribution in [2.75, 3.05) is 6.54 Å². The Morgan fingerprint density at radius 3 is 2.55 bits per heavy atom. The molecule has 3 heteroatoms. The lowest BCUT2D eigenvalue weighted by Crippen LogP contribution is -2.32. The predicted octanol–water partition coefficient (Wildman–Crippen LogP) is 2.74. The number of amides is 1. The van der Waals surface area contributed by atoms with E-state index in [0.717, 1.165) is 17.8 Å². The molecule has 0 aliphatic heterocycles. The second-order valence-electron chi connectivity index (χ2n) is 5.29. The summed E-state index contributed by atoms with van der Waals surface area (Å²) in [6, 6.07) is 15.5. The molecule has 1 N–H and O–H groups in total. The Balaban J connectivity index is 1.84. The molecule has 1 atom stereocenters. The van der Waals surface area contributed by atoms with Gasteiger partial charge >= 0.3 is 0 Å². The molecule has 0 bridgehead atoms. The lowest BCUT2D eigenvalue weighted by atomic mass is 9.94. The van der Waals surface area contributed by atoms with E-state index in [9.17, 15) is 4.79 Å². The van der Waals surface area contributed by atoms with Gasteiger partial charge in [-0.05, 0) is 36.5 Å². The topological polar surface area (TPSA) is 42.0 Å². The third-order valence-electron chi connectivity index (χ3n) is 3.64. The zero-order valence-electron chi connectivity index (χ0n) is 11.3. The highest BCUT2D eigenvalue weighted by Crippen LogP contribution is 2.28. The largest absolute Gasteiger partial charge is 0.355 e. The summed E-state index contributed by atoms with van der Waals surface area (Å²) < 4.78 is 0. The van der Waals surface area contributed by atoms with Gasteiger partial charge in [0.05, 0.1) is 5.69 Å². The van der Waals surface area contributed by atoms with Gasteiger partial charge in [-0.15, -0.1) is 0 Å². The van der Waals surface area contributed by atoms with Crippen LogP contribution in [0.4, 0.5) is 0 Å². The van der Waals surface area contributed by atoms with Crippen LogP contribution in [-0.4, -0.2) is 17.4 Å². The molecule has 1 aliphatic rings. The molecule has 2 aromatic rings. The molecule has 1 aromatic heterocycles. The van der Waals surface area contributed by atoms with E-state index in [-0.39, 0.29) is 11.8 Å². The van der Waals surface area contributed by atoms with Crippen LogP contribution >= 0.6 is 0 Å². The van der Waals surface area contributed by atoms with Crippen molar-refractivity contribution < 1.29 is 4.79 Å². The molecular weight excluding hydrogens is 248 g/mol. The Morgan fingerprint density at radius 2 is 1.90 bits per heavy atom. The third kappa shape index (κ3) is 3.05. The minimum Gasteiger partial charge on any atom is -0.355 e. The van der Waals surface area contributed by atoms with Gasteiger partial charge in [0.25, 0.3) is 0 Å². The third-order valence-corrected chi connectivity index (χ3v) is 3.64. The fraction of sp³-hybridized carbons (Fsp3) is 0.294. The molecule has 1 unspecified atom stereocenters. The number of benzene rings is 1. The van der Waals surface area contributed by atoms with E-state index in [1.807, 2.05) is 48.5 Å². The molecule has 3 nitrogen and oxygen atoms in total. The van der Waals surface area contributed by atoms with Crippen LogP contribution in [0.2, 0.25) is 0 Å². The fourth-order valence-corrected chi connectivity index (χ4v) is 2.32. The number of carbonyl (C=O) groups excluding carboxylic acids is 1. The first-order chi connectivity index (χ1) is 9.84. The number of rotatable bonds is 5. The minimum absolute atomic E-state index is 0.0433. The smallest absolute Gasteiger partial charge is 0.233 e. The first kappa shape index (κ1) is 12.9. The maximum Gasteiger partial charge on any atom is 0.233 e. The summed E-state index contributed by atoms with van der Waals surface area (Å²) in [4.78, 5) is 16.9. The average Bonchev–Trinajstić information content (AvgIpc) is 3.32. The molecule has 1 aliphatic carbocycles. The summed E-state index contributed by atoms with van der Waals surface area (Å²) in [5, 5.41) is 3.06. The van der Waals surface area contributed by atoms with Crippen molar-refractivity contribution in [2.24, 2.45) is 5.92 Å². The summed E-state index contributed by atoms with van der Waals surface area (Å²) in [6.45, 7) is 0.787. The van der Waals surface area contributed by atoms with E-state index in [4.69, 9.17) is 0 Å². The van der Waals surface area contributed by atoms with Crippen LogP contribution in [0.5, 0.6) is 0 Å². The Bertz CT molecular complexity index is 525. The Labute approximate surface area is 119 Å². The lowest BCUT2D eigenvalue weighted by Gasteiger charge is -2.16. The van der Waals surface area contributed by atoms with Crippen LogP contribution in [-0.2, 0) is 4.79 Å². The van der Waals surface area contributed by atoms with E-state index < -0.39 is 0 Å². The van der Waals surface area contributed by atoms with E-state index in [1.165, 1.54) is 12.8 Å². The molecule has 1 heterocycles. The summed E-state index contributed by atoms with van der Waals surface area (Å²) in [5.41, 5.74) is 1.78. The SMILES string of the molecule is O=C(NCC1CC1)C(c1ccccc1)c1ccccn1. The Morgan fingerprint density at radius 1 is 1.15 bits per heavy atom. The van der Waals surface area contributed by atoms with Crippen molar-refractivity contribution in [1.29, 1.82) is 0 Å². The van der Waals surface area contributed by atoms with Crippen LogP contribution in [0.1, 0.15) is 30.0 Å². The highest BCUT2D eigenvalue weighted by Gasteiger charge is 2.26. The van der Waals surface area contributed by atoms with Gasteiger partial charge in [0.15, 0.2) is 0 Å². The quantitative estimate of drug-likeness (QED) is 0.904. The summed E-state index contributed by atoms with van der Waals surface area (Å²) in [7, 11) is 0. The van der Waals surface area contributed by atoms with Gasteiger partial charge < -0.3 is 5.32 Å². The number of aromatic nitrogens is 1. The molecule has 1 saturated carbocycles. The van der Waals surface area contributed by atoms with Crippen molar-refractivity contribution in [3.05, 3.63) is 66.0 Å². The number of hydrogen-bond acceptors (Lipinski definition) is 2. The maximum absolute atomic E-state index is 12.5. The van der Waals surface area contributed by atoms with Gasteiger partial charge in [0, 0.05) is 12.7 Å². The lowest BCUT2D eigenvalue weighted by molar-refractivity contribution is -0.121. The Kier molecular flexibility index (Phi) is 3.77. The van der Waals surface area contributed by atoms with E-state index in [2.05, 4.69) is 10.3 Å². The van der Waals surface area contributed by atoms with Crippen LogP contribution in [0, 0.1) is 5.92 Å². The van der Waals surface area contributed by atoms with Crippen LogP contribution in [0.25, 0.3) is 0 Å². The second-order valence-corrected chi connectivity index (χ2v) is 5.29. The van der Waals surface area contributed by atoms with Crippen LogP contribution in [0.3, 0.4) is 0 Å². The van der Waals surface area contributed by atoms with Crippen LogP contribution < -0.4 is 5.32 Å². The molecule has 1 amide bonds. The number of carbonyl (C=O) groups is 1. The molecule has 1 aromatic carbocycles. The van der Waals surface area contributed by atoms with Crippen molar-refractivity contribution in [2.45, 2.75) is 18.8 Å². The summed E-state index contributed by atoms with van der Waals surface area (Å²) in [5.74, 6) is 0.400. The van der Waals surface area contributed by atoms with Crippen LogP contribution in [0.15, 0.2) is 54.7 Å². The first-order valence-corrected chi connectivity index (χ1v) is 7.08. The fourth-order valence-electron chi connectivity index (χ4n) is 2.32. The summed E-state index contributed by atoms with van der Waals surface area (Å²) >= 11 is 0. The minimum atomic E-state index is -0.323. The second kappa shape index (κ2) is 5.87. The summed E-state index contributed by atoms with van der Waals surface area (Å²) in [6.07, 6.45) is 4.21. The number of nitrogens with one attached hydrogen (secondary N) is 1. The van der Waals surface area contributed by atoms with Crippen molar-refractivity contribution in [3.63, 3.8) is 0 Å². The van der Waals surface area contributed by atoms with Crippen molar-refractivity contribution in [3.8, 4) is 0 Å². The first-order valence-electron chi connectivity index (χ1n) is 7.08. The standard InChI is InChI=1S/C17H18N2O/c20-17(19-12-13-9-10-13)16(14-6-2-1-3-7-14)15-8-4-5-11-18-15/h1-8,11,13,16H,9-10,12H2,(H,19,20). The predicted molar refractivity (Wildman–Crippen MR) is 78.3 cm³/mol. The zero-order valence-corrected chi connectivity index (χ0v) is 11.3. The average molecular weight is 266 g/mol. The molecule has 3 rings (SSSR count). The normalized spacial score (nSPS) is 15.6. The number of nitrogens with zero attached hydrogens (tertiary/aromatic N) is 1. The maximum atomic E-state index is 12.5. The van der Waals surface area contributed by atoms with Gasteiger partial charge in [-0.3, -0.25) is 9.78 Å². The molecule has 1 fully saturated rings. The molecule has 0 radical (unpaired) electrons. The van der Waals surface area contributed by atoms with E-state index >= 15 is 0 Å². The number of hydrogen-bond donors (Lipinski definition) is 1. The van der Waals surface area contributed by atoms with Gasteiger partial charge in [0.2, 0.25) is 5.91 Å². The van der Waals surface area contributed by atoms with E-state index in [0.29, 0.717) is 5.92 Å². The monoisotopic (exact) mass is 266 g/mol. The highest BCUT2D eigenvalue weighted by atomic mass is 16.1. The highest BCUT2D eigenvalue weighted by molar-refractivity contribution is 5.86. The molecule has 0 spiro atoms. The van der Waals surface area contributed by atoms with Gasteiger partial charge in [-0.2, -0.15) is 0 Å². The van der Waals surface area contributed by atoms with E-state index in [1.54, 1.807) is 6.20 Å². The molecular formula is C17H18N2O. The van der Waals surface area contributed by atoms with Gasteiger partial charge in [0.1, 0.15) is 5.92 Å². The molecule has 102 valence electrons.